The van der Waals surface area contributed by atoms with Crippen molar-refractivity contribution in [1.29, 1.82) is 0 Å². The van der Waals surface area contributed by atoms with Gasteiger partial charge in [-0.3, -0.25) is 5.01 Å². The summed E-state index contributed by atoms with van der Waals surface area (Å²) in [6, 6.07) is 14.5. The van der Waals surface area contributed by atoms with Gasteiger partial charge in [-0.05, 0) is 29.8 Å². The molecule has 1 aliphatic heterocycles. The third-order valence-corrected chi connectivity index (χ3v) is 2.97. The van der Waals surface area contributed by atoms with Gasteiger partial charge in [-0.25, -0.2) is 9.38 Å². The molecule has 0 spiro atoms. The van der Waals surface area contributed by atoms with Gasteiger partial charge in [-0.15, -0.1) is 0 Å². The summed E-state index contributed by atoms with van der Waals surface area (Å²) in [5, 5.41) is 1.80. The summed E-state index contributed by atoms with van der Waals surface area (Å²) in [6.45, 7) is 0. The molecule has 1 heterocycles. The van der Waals surface area contributed by atoms with E-state index < -0.39 is 5.82 Å². The molecule has 3 N–H and O–H groups in total. The maximum Gasteiger partial charge on any atom is 0.146 e. The van der Waals surface area contributed by atoms with Crippen LogP contribution < -0.4 is 16.2 Å². The van der Waals surface area contributed by atoms with Crippen LogP contribution in [0.2, 0.25) is 0 Å². The van der Waals surface area contributed by atoms with Crippen LogP contribution in [0.3, 0.4) is 0 Å². The van der Waals surface area contributed by atoms with Crippen molar-refractivity contribution < 1.29 is 4.39 Å². The van der Waals surface area contributed by atoms with Crippen molar-refractivity contribution >= 4 is 17.7 Å². The third-order valence-electron chi connectivity index (χ3n) is 2.97. The molecule has 19 heavy (non-hydrogen) atoms. The topological polar surface area (TPSA) is 53.6 Å². The first kappa shape index (κ1) is 11.7. The van der Waals surface area contributed by atoms with Gasteiger partial charge < -0.3 is 5.73 Å². The second kappa shape index (κ2) is 4.70. The lowest BCUT2D eigenvalue weighted by molar-refractivity contribution is 0.597. The quantitative estimate of drug-likeness (QED) is 0.811. The van der Waals surface area contributed by atoms with E-state index in [0.717, 1.165) is 11.3 Å². The Balaban J connectivity index is 1.80. The molecule has 5 heteroatoms. The zero-order valence-electron chi connectivity index (χ0n) is 10.1. The first-order valence-electron chi connectivity index (χ1n) is 5.93. The monoisotopic (exact) mass is 256 g/mol. The van der Waals surface area contributed by atoms with E-state index in [4.69, 9.17) is 5.73 Å². The van der Waals surface area contributed by atoms with E-state index >= 15 is 0 Å². The fraction of sp³-hybridized carbons (Fsp3) is 0.0714. The smallest absolute Gasteiger partial charge is 0.146 e. The molecule has 0 aromatic heterocycles. The summed E-state index contributed by atoms with van der Waals surface area (Å²) in [4.78, 5) is 4.32. The molecule has 0 fully saturated rings. The molecule has 2 aromatic rings. The first-order chi connectivity index (χ1) is 9.24. The molecule has 1 unspecified atom stereocenters. The number of nitrogens with zero attached hydrogens (tertiary/aromatic N) is 2. The Hall–Kier alpha value is -2.40. The Labute approximate surface area is 110 Å². The minimum Gasteiger partial charge on any atom is -0.396 e. The van der Waals surface area contributed by atoms with E-state index in [0.29, 0.717) is 0 Å². The van der Waals surface area contributed by atoms with Gasteiger partial charge in [0.2, 0.25) is 0 Å². The normalized spacial score (nSPS) is 17.9. The van der Waals surface area contributed by atoms with Crippen LogP contribution in [-0.2, 0) is 0 Å². The Morgan fingerprint density at radius 1 is 1.16 bits per heavy atom. The van der Waals surface area contributed by atoms with E-state index in [1.54, 1.807) is 23.5 Å². The summed E-state index contributed by atoms with van der Waals surface area (Å²) in [7, 11) is 0. The van der Waals surface area contributed by atoms with Crippen LogP contribution in [0.15, 0.2) is 53.5 Å². The Kier molecular flexibility index (Phi) is 2.89. The summed E-state index contributed by atoms with van der Waals surface area (Å²) in [5.41, 5.74) is 10.5. The molecule has 0 amide bonds. The fourth-order valence-electron chi connectivity index (χ4n) is 1.94. The van der Waals surface area contributed by atoms with Crippen molar-refractivity contribution in [2.24, 2.45) is 4.99 Å². The number of aliphatic imine (C=N–C) groups is 1. The number of hydrazine groups is 1. The third kappa shape index (κ3) is 2.28. The number of nitrogen functional groups attached to an aromatic ring is 1. The predicted octanol–water partition coefficient (Wildman–Crippen LogP) is 2.46. The summed E-state index contributed by atoms with van der Waals surface area (Å²) < 4.78 is 13.4. The van der Waals surface area contributed by atoms with Crippen molar-refractivity contribution in [2.45, 2.75) is 6.17 Å². The molecular formula is C14H13FN4. The van der Waals surface area contributed by atoms with Crippen LogP contribution >= 0.6 is 0 Å². The standard InChI is InChI=1S/C14H13FN4/c15-12-8-10(6-7-13(12)16)14-17-9-19(18-14)11-4-2-1-3-5-11/h1-9,14,18H,16H2. The SMILES string of the molecule is Nc1ccc(C2N=CN(c3ccccc3)N2)cc1F. The van der Waals surface area contributed by atoms with Gasteiger partial charge in [-0.2, -0.15) is 5.43 Å². The summed E-state index contributed by atoms with van der Waals surface area (Å²) >= 11 is 0. The van der Waals surface area contributed by atoms with Gasteiger partial charge in [-0.1, -0.05) is 24.3 Å². The highest BCUT2D eigenvalue weighted by molar-refractivity contribution is 5.79. The summed E-state index contributed by atoms with van der Waals surface area (Å²) in [6.07, 6.45) is 1.39. The van der Waals surface area contributed by atoms with E-state index in [1.807, 2.05) is 30.3 Å². The number of rotatable bonds is 2. The molecule has 96 valence electrons. The molecule has 0 bridgehead atoms. The highest BCUT2D eigenvalue weighted by atomic mass is 19.1. The molecule has 0 saturated heterocycles. The van der Waals surface area contributed by atoms with Gasteiger partial charge >= 0.3 is 0 Å². The van der Waals surface area contributed by atoms with Crippen molar-refractivity contribution in [3.05, 3.63) is 59.9 Å². The van der Waals surface area contributed by atoms with E-state index in [9.17, 15) is 4.39 Å². The number of anilines is 2. The molecule has 0 saturated carbocycles. The van der Waals surface area contributed by atoms with Crippen LogP contribution in [0.1, 0.15) is 11.7 Å². The van der Waals surface area contributed by atoms with Gasteiger partial charge in [0.25, 0.3) is 0 Å². The maximum absolute atomic E-state index is 13.4. The minimum absolute atomic E-state index is 0.144. The lowest BCUT2D eigenvalue weighted by Crippen LogP contribution is -2.33. The average molecular weight is 256 g/mol. The van der Waals surface area contributed by atoms with E-state index in [2.05, 4.69) is 10.4 Å². The summed E-state index contributed by atoms with van der Waals surface area (Å²) in [5.74, 6) is -0.423. The first-order valence-corrected chi connectivity index (χ1v) is 5.93. The highest BCUT2D eigenvalue weighted by Gasteiger charge is 2.19. The van der Waals surface area contributed by atoms with Crippen LogP contribution in [-0.4, -0.2) is 6.34 Å². The minimum atomic E-state index is -0.423. The largest absolute Gasteiger partial charge is 0.396 e. The predicted molar refractivity (Wildman–Crippen MR) is 74.1 cm³/mol. The number of hydrogen-bond donors (Lipinski definition) is 2. The van der Waals surface area contributed by atoms with Crippen molar-refractivity contribution in [3.8, 4) is 0 Å². The molecule has 1 aliphatic rings. The fourth-order valence-corrected chi connectivity index (χ4v) is 1.94. The zero-order chi connectivity index (χ0) is 13.2. The van der Waals surface area contributed by atoms with Crippen molar-refractivity contribution in [3.63, 3.8) is 0 Å². The molecule has 3 rings (SSSR count). The lowest BCUT2D eigenvalue weighted by Gasteiger charge is -2.18. The molecular weight excluding hydrogens is 243 g/mol. The Morgan fingerprint density at radius 3 is 2.68 bits per heavy atom. The lowest BCUT2D eigenvalue weighted by atomic mass is 10.1. The van der Waals surface area contributed by atoms with Crippen LogP contribution in [0.25, 0.3) is 0 Å². The van der Waals surface area contributed by atoms with Crippen LogP contribution in [0.4, 0.5) is 15.8 Å². The highest BCUT2D eigenvalue weighted by Crippen LogP contribution is 2.24. The van der Waals surface area contributed by atoms with Crippen LogP contribution in [0.5, 0.6) is 0 Å². The molecule has 2 aromatic carbocycles. The molecule has 4 nitrogen and oxygen atoms in total. The van der Waals surface area contributed by atoms with Gasteiger partial charge in [0, 0.05) is 0 Å². The maximum atomic E-state index is 13.4. The second-order valence-electron chi connectivity index (χ2n) is 4.28. The van der Waals surface area contributed by atoms with Gasteiger partial charge in [0.05, 0.1) is 11.4 Å². The number of hydrogen-bond acceptors (Lipinski definition) is 4. The number of nitrogens with two attached hydrogens (primary N) is 1. The number of para-hydroxylation sites is 1. The van der Waals surface area contributed by atoms with E-state index in [1.165, 1.54) is 6.07 Å². The molecule has 0 radical (unpaired) electrons. The van der Waals surface area contributed by atoms with Crippen molar-refractivity contribution in [1.82, 2.24) is 5.43 Å². The van der Waals surface area contributed by atoms with Crippen LogP contribution in [0, 0.1) is 5.82 Å². The van der Waals surface area contributed by atoms with Gasteiger partial charge in [0.1, 0.15) is 18.3 Å². The van der Waals surface area contributed by atoms with Gasteiger partial charge in [0.15, 0.2) is 0 Å². The number of halogens is 1. The Morgan fingerprint density at radius 2 is 1.95 bits per heavy atom. The zero-order valence-corrected chi connectivity index (χ0v) is 10.1. The number of benzene rings is 2. The Bertz CT molecular complexity index is 612. The molecule has 1 atom stereocenters. The molecule has 0 aliphatic carbocycles. The van der Waals surface area contributed by atoms with Crippen molar-refractivity contribution in [2.75, 3.05) is 10.7 Å². The average Bonchev–Trinajstić information content (AvgIpc) is 2.93. The second-order valence-corrected chi connectivity index (χ2v) is 4.28. The van der Waals surface area contributed by atoms with E-state index in [-0.39, 0.29) is 11.9 Å². The number of nitrogens with one attached hydrogen (secondary N) is 1.